The highest BCUT2D eigenvalue weighted by atomic mass is 35.5. The molecular formula is C26H27ClN4O3. The highest BCUT2D eigenvalue weighted by molar-refractivity contribution is 6.33. The Labute approximate surface area is 203 Å². The summed E-state index contributed by atoms with van der Waals surface area (Å²) >= 11 is 6.50. The number of H-pyrrole nitrogens is 1. The van der Waals surface area contributed by atoms with Crippen molar-refractivity contribution in [2.75, 3.05) is 0 Å². The number of halogens is 1. The Morgan fingerprint density at radius 2 is 1.62 bits per heavy atom. The number of hydrogen-bond donors (Lipinski definition) is 3. The molecule has 0 atom stereocenters. The number of imidazole rings is 1. The fourth-order valence-corrected chi connectivity index (χ4v) is 4.01. The molecule has 0 unspecified atom stereocenters. The first-order valence-corrected chi connectivity index (χ1v) is 11.3. The van der Waals surface area contributed by atoms with E-state index < -0.39 is 11.1 Å². The third kappa shape index (κ3) is 5.05. The van der Waals surface area contributed by atoms with Crippen LogP contribution in [0.5, 0.6) is 11.8 Å². The molecule has 0 saturated carbocycles. The molecule has 0 bridgehead atoms. The van der Waals surface area contributed by atoms with E-state index in [1.54, 1.807) is 19.9 Å². The van der Waals surface area contributed by atoms with Gasteiger partial charge in [0.05, 0.1) is 27.4 Å². The number of carbonyl (C=O) groups excluding carboxylic acids is 1. The van der Waals surface area contributed by atoms with Crippen LogP contribution in [0.25, 0.3) is 22.4 Å². The van der Waals surface area contributed by atoms with Crippen LogP contribution in [0.2, 0.25) is 5.02 Å². The number of amides is 1. The van der Waals surface area contributed by atoms with E-state index in [0.29, 0.717) is 33.6 Å². The molecule has 0 aliphatic rings. The lowest BCUT2D eigenvalue weighted by Gasteiger charge is -2.26. The van der Waals surface area contributed by atoms with Crippen molar-refractivity contribution >= 4 is 28.7 Å². The van der Waals surface area contributed by atoms with E-state index in [1.165, 1.54) is 6.92 Å². The van der Waals surface area contributed by atoms with Crippen molar-refractivity contribution in [3.63, 3.8) is 0 Å². The number of fused-ring (bicyclic) bond motifs is 1. The number of benzene rings is 2. The van der Waals surface area contributed by atoms with E-state index in [-0.39, 0.29) is 5.91 Å². The summed E-state index contributed by atoms with van der Waals surface area (Å²) in [7, 11) is 0. The predicted molar refractivity (Wildman–Crippen MR) is 133 cm³/mol. The topological polar surface area (TPSA) is 100 Å². The first-order valence-electron chi connectivity index (χ1n) is 10.9. The van der Waals surface area contributed by atoms with E-state index in [4.69, 9.17) is 16.3 Å². The van der Waals surface area contributed by atoms with E-state index in [0.717, 1.165) is 16.7 Å². The van der Waals surface area contributed by atoms with Gasteiger partial charge in [-0.3, -0.25) is 4.79 Å². The Morgan fingerprint density at radius 3 is 2.21 bits per heavy atom. The van der Waals surface area contributed by atoms with Crippen LogP contribution >= 0.6 is 11.6 Å². The molecule has 0 fully saturated rings. The minimum atomic E-state index is -0.925. The summed E-state index contributed by atoms with van der Waals surface area (Å²) < 4.78 is 5.89. The molecule has 8 heteroatoms. The van der Waals surface area contributed by atoms with Crippen molar-refractivity contribution in [1.29, 1.82) is 0 Å². The van der Waals surface area contributed by atoms with Gasteiger partial charge in [0.1, 0.15) is 5.75 Å². The molecule has 2 heterocycles. The number of aromatic nitrogens is 3. The van der Waals surface area contributed by atoms with Crippen LogP contribution in [0.4, 0.5) is 0 Å². The van der Waals surface area contributed by atoms with Crippen molar-refractivity contribution in [2.24, 2.45) is 0 Å². The summed E-state index contributed by atoms with van der Waals surface area (Å²) in [5.41, 5.74) is 2.88. The lowest BCUT2D eigenvalue weighted by atomic mass is 9.94. The number of carbonyl (C=O) groups is 1. The van der Waals surface area contributed by atoms with Gasteiger partial charge in [-0.25, -0.2) is 4.98 Å². The smallest absolute Gasteiger partial charge is 0.301 e. The largest absolute Gasteiger partial charge is 0.426 e. The van der Waals surface area contributed by atoms with Gasteiger partial charge in [-0.2, -0.15) is 4.98 Å². The number of nitrogens with zero attached hydrogens (tertiary/aromatic N) is 2. The predicted octanol–water partition coefficient (Wildman–Crippen LogP) is 5.67. The zero-order valence-corrected chi connectivity index (χ0v) is 20.5. The molecule has 34 heavy (non-hydrogen) atoms. The van der Waals surface area contributed by atoms with Gasteiger partial charge in [0, 0.05) is 12.5 Å². The fourth-order valence-electron chi connectivity index (χ4n) is 3.75. The maximum Gasteiger partial charge on any atom is 0.301 e. The Balaban J connectivity index is 1.57. The van der Waals surface area contributed by atoms with Crippen molar-refractivity contribution in [3.8, 4) is 23.0 Å². The standard InChI is InChI=1S/C26H27ClN4O3/c1-15(32)31-25(2,3)17-10-12-19(13-11-17)34-24-28-21-14-20(27)22(29-23(21)30-24)16-6-8-18(9-7-16)26(4,5)33/h6-14,33H,1-5H3,(H,31,32)(H,28,29,30). The number of nitrogens with one attached hydrogen (secondary N) is 2. The third-order valence-corrected chi connectivity index (χ3v) is 5.84. The molecular weight excluding hydrogens is 452 g/mol. The zero-order chi connectivity index (χ0) is 24.7. The number of aliphatic hydroxyl groups is 1. The van der Waals surface area contributed by atoms with E-state index in [1.807, 2.05) is 62.4 Å². The van der Waals surface area contributed by atoms with Crippen molar-refractivity contribution in [3.05, 3.63) is 70.7 Å². The third-order valence-electron chi connectivity index (χ3n) is 5.55. The van der Waals surface area contributed by atoms with Crippen LogP contribution in [0.3, 0.4) is 0 Å². The first kappa shape index (κ1) is 23.7. The van der Waals surface area contributed by atoms with E-state index in [2.05, 4.69) is 20.3 Å². The lowest BCUT2D eigenvalue weighted by molar-refractivity contribution is -0.120. The highest BCUT2D eigenvalue weighted by Gasteiger charge is 2.21. The van der Waals surface area contributed by atoms with Crippen molar-refractivity contribution in [1.82, 2.24) is 20.3 Å². The van der Waals surface area contributed by atoms with E-state index >= 15 is 0 Å². The Kier molecular flexibility index (Phi) is 6.10. The van der Waals surface area contributed by atoms with Crippen LogP contribution in [0, 0.1) is 0 Å². The van der Waals surface area contributed by atoms with Gasteiger partial charge >= 0.3 is 6.01 Å². The highest BCUT2D eigenvalue weighted by Crippen LogP contribution is 2.32. The van der Waals surface area contributed by atoms with Crippen molar-refractivity contribution in [2.45, 2.75) is 45.8 Å². The monoisotopic (exact) mass is 478 g/mol. The van der Waals surface area contributed by atoms with Crippen LogP contribution in [-0.2, 0) is 15.9 Å². The first-order chi connectivity index (χ1) is 15.9. The Morgan fingerprint density at radius 1 is 1.00 bits per heavy atom. The number of aromatic amines is 1. The summed E-state index contributed by atoms with van der Waals surface area (Å²) in [5.74, 6) is 0.501. The van der Waals surface area contributed by atoms with Gasteiger partial charge in [0.2, 0.25) is 5.91 Å². The van der Waals surface area contributed by atoms with Gasteiger partial charge in [-0.15, -0.1) is 0 Å². The Hall–Kier alpha value is -3.42. The average Bonchev–Trinajstić information content (AvgIpc) is 3.13. The van der Waals surface area contributed by atoms with Gasteiger partial charge in [0.15, 0.2) is 5.65 Å². The Bertz CT molecular complexity index is 1340. The molecule has 0 aliphatic carbocycles. The molecule has 0 saturated heterocycles. The quantitative estimate of drug-likeness (QED) is 0.331. The molecule has 7 nitrogen and oxygen atoms in total. The maximum absolute atomic E-state index is 11.4. The van der Waals surface area contributed by atoms with Crippen LogP contribution in [0.1, 0.15) is 45.7 Å². The second kappa shape index (κ2) is 8.74. The molecule has 4 aromatic rings. The van der Waals surface area contributed by atoms with Gasteiger partial charge in [-0.05, 0) is 57.0 Å². The minimum absolute atomic E-state index is 0.0914. The van der Waals surface area contributed by atoms with Crippen LogP contribution < -0.4 is 10.1 Å². The van der Waals surface area contributed by atoms with Crippen molar-refractivity contribution < 1.29 is 14.6 Å². The zero-order valence-electron chi connectivity index (χ0n) is 19.7. The molecule has 0 aliphatic heterocycles. The molecule has 176 valence electrons. The fraction of sp³-hybridized carbons (Fsp3) is 0.269. The van der Waals surface area contributed by atoms with Gasteiger partial charge in [0.25, 0.3) is 0 Å². The summed E-state index contributed by atoms with van der Waals surface area (Å²) in [6.07, 6.45) is 0. The summed E-state index contributed by atoms with van der Waals surface area (Å²) in [6.45, 7) is 8.85. The van der Waals surface area contributed by atoms with E-state index in [9.17, 15) is 9.90 Å². The van der Waals surface area contributed by atoms with Gasteiger partial charge < -0.3 is 20.1 Å². The minimum Gasteiger partial charge on any atom is -0.426 e. The number of rotatable bonds is 6. The summed E-state index contributed by atoms with van der Waals surface area (Å²) in [5, 5.41) is 13.6. The number of ether oxygens (including phenoxy) is 1. The molecule has 4 rings (SSSR count). The normalized spacial score (nSPS) is 12.1. The molecule has 1 amide bonds. The maximum atomic E-state index is 11.4. The lowest BCUT2D eigenvalue weighted by Crippen LogP contribution is -2.39. The molecule has 0 spiro atoms. The number of hydrogen-bond acceptors (Lipinski definition) is 5. The summed E-state index contributed by atoms with van der Waals surface area (Å²) in [6, 6.07) is 17.0. The average molecular weight is 479 g/mol. The summed E-state index contributed by atoms with van der Waals surface area (Å²) in [4.78, 5) is 23.6. The molecule has 2 aromatic heterocycles. The second-order valence-corrected chi connectivity index (χ2v) is 9.71. The SMILES string of the molecule is CC(=O)NC(C)(C)c1ccc(Oc2nc3nc(-c4ccc(C(C)(C)O)cc4)c(Cl)cc3[nH]2)cc1. The number of pyridine rings is 1. The van der Waals surface area contributed by atoms with Crippen LogP contribution in [0.15, 0.2) is 54.6 Å². The molecule has 3 N–H and O–H groups in total. The van der Waals surface area contributed by atoms with Gasteiger partial charge in [-0.1, -0.05) is 48.0 Å². The molecule has 2 aromatic carbocycles. The van der Waals surface area contributed by atoms with Crippen LogP contribution in [-0.4, -0.2) is 26.0 Å². The second-order valence-electron chi connectivity index (χ2n) is 9.30. The molecule has 0 radical (unpaired) electrons.